The lowest BCUT2D eigenvalue weighted by atomic mass is 9.95. The molecule has 4 rings (SSSR count). The average Bonchev–Trinajstić information content (AvgIpc) is 3.08. The Bertz CT molecular complexity index is 1060. The van der Waals surface area contributed by atoms with Crippen molar-refractivity contribution in [3.8, 4) is 5.75 Å². The van der Waals surface area contributed by atoms with E-state index in [0.29, 0.717) is 48.2 Å². The molecule has 2 aliphatic rings. The van der Waals surface area contributed by atoms with Crippen LogP contribution in [0.4, 0.5) is 0 Å². The molecule has 8 heteroatoms. The number of carbonyl (C=O) groups is 2. The Labute approximate surface area is 204 Å². The van der Waals surface area contributed by atoms with Crippen molar-refractivity contribution < 1.29 is 24.2 Å². The first kappa shape index (κ1) is 24.3. The van der Waals surface area contributed by atoms with Crippen molar-refractivity contribution >= 4 is 29.1 Å². The molecule has 2 aromatic carbocycles. The molecular weight excluding hydrogens is 456 g/mol. The minimum Gasteiger partial charge on any atom is -0.507 e. The number of aliphatic hydroxyl groups is 1. The SMILES string of the molecule is CC(C)Oc1ccc(C(O)=C2C(=O)C(=O)N(CCN3CCOCC3)[C@H]2c2ccc(Cl)cc2)cc1. The van der Waals surface area contributed by atoms with Crippen LogP contribution >= 0.6 is 11.6 Å². The number of ketones is 1. The second-order valence-corrected chi connectivity index (χ2v) is 9.13. The number of hydrogen-bond acceptors (Lipinski definition) is 6. The van der Waals surface area contributed by atoms with Crippen LogP contribution < -0.4 is 4.74 Å². The van der Waals surface area contributed by atoms with Gasteiger partial charge in [-0.3, -0.25) is 14.5 Å². The van der Waals surface area contributed by atoms with Gasteiger partial charge >= 0.3 is 0 Å². The molecule has 0 radical (unpaired) electrons. The third kappa shape index (κ3) is 5.27. The first-order valence-corrected chi connectivity index (χ1v) is 11.8. The highest BCUT2D eigenvalue weighted by Gasteiger charge is 2.46. The first-order valence-electron chi connectivity index (χ1n) is 11.5. The van der Waals surface area contributed by atoms with E-state index in [9.17, 15) is 14.7 Å². The van der Waals surface area contributed by atoms with Gasteiger partial charge in [0.1, 0.15) is 11.5 Å². The third-order valence-corrected chi connectivity index (χ3v) is 6.24. The van der Waals surface area contributed by atoms with Gasteiger partial charge in [0, 0.05) is 36.8 Å². The smallest absolute Gasteiger partial charge is 0.295 e. The Morgan fingerprint density at radius 3 is 2.32 bits per heavy atom. The van der Waals surface area contributed by atoms with Gasteiger partial charge in [-0.05, 0) is 55.8 Å². The molecule has 2 heterocycles. The fraction of sp³-hybridized carbons (Fsp3) is 0.385. The third-order valence-electron chi connectivity index (χ3n) is 5.99. The zero-order valence-electron chi connectivity index (χ0n) is 19.4. The van der Waals surface area contributed by atoms with Gasteiger partial charge in [0.25, 0.3) is 11.7 Å². The highest BCUT2D eigenvalue weighted by Crippen LogP contribution is 2.39. The van der Waals surface area contributed by atoms with E-state index in [4.69, 9.17) is 21.1 Å². The maximum absolute atomic E-state index is 13.2. The van der Waals surface area contributed by atoms with E-state index in [1.807, 2.05) is 13.8 Å². The lowest BCUT2D eigenvalue weighted by molar-refractivity contribution is -0.140. The summed E-state index contributed by atoms with van der Waals surface area (Å²) in [7, 11) is 0. The summed E-state index contributed by atoms with van der Waals surface area (Å²) in [5.41, 5.74) is 1.24. The number of Topliss-reactive ketones (excluding diaryl/α,β-unsaturated/α-hetero) is 1. The number of morpholine rings is 1. The summed E-state index contributed by atoms with van der Waals surface area (Å²) in [5, 5.41) is 11.7. The fourth-order valence-corrected chi connectivity index (χ4v) is 4.42. The molecular formula is C26H29ClN2O5. The molecule has 0 unspecified atom stereocenters. The minimum atomic E-state index is -0.704. The molecule has 0 aliphatic carbocycles. The Hall–Kier alpha value is -2.87. The lowest BCUT2D eigenvalue weighted by Gasteiger charge is -2.31. The molecule has 0 aromatic heterocycles. The van der Waals surface area contributed by atoms with E-state index in [-0.39, 0.29) is 17.4 Å². The number of ether oxygens (including phenoxy) is 2. The second-order valence-electron chi connectivity index (χ2n) is 8.69. The number of hydrogen-bond donors (Lipinski definition) is 1. The average molecular weight is 485 g/mol. The van der Waals surface area contributed by atoms with E-state index < -0.39 is 17.7 Å². The van der Waals surface area contributed by atoms with Crippen molar-refractivity contribution in [2.45, 2.75) is 26.0 Å². The zero-order chi connectivity index (χ0) is 24.2. The Balaban J connectivity index is 1.69. The summed E-state index contributed by atoms with van der Waals surface area (Å²) in [6, 6.07) is 13.2. The number of amides is 1. The summed E-state index contributed by atoms with van der Waals surface area (Å²) in [4.78, 5) is 30.0. The van der Waals surface area contributed by atoms with E-state index in [1.54, 1.807) is 53.4 Å². The van der Waals surface area contributed by atoms with Gasteiger partial charge in [0.05, 0.1) is 30.9 Å². The highest BCUT2D eigenvalue weighted by atomic mass is 35.5. The van der Waals surface area contributed by atoms with Crippen molar-refractivity contribution in [3.63, 3.8) is 0 Å². The van der Waals surface area contributed by atoms with Crippen molar-refractivity contribution in [1.29, 1.82) is 0 Å². The number of halogens is 1. The van der Waals surface area contributed by atoms with Crippen molar-refractivity contribution in [2.75, 3.05) is 39.4 Å². The molecule has 0 saturated carbocycles. The molecule has 34 heavy (non-hydrogen) atoms. The molecule has 1 amide bonds. The van der Waals surface area contributed by atoms with Crippen LogP contribution in [0.3, 0.4) is 0 Å². The van der Waals surface area contributed by atoms with Gasteiger partial charge in [-0.2, -0.15) is 0 Å². The maximum Gasteiger partial charge on any atom is 0.295 e. The van der Waals surface area contributed by atoms with Crippen molar-refractivity contribution in [1.82, 2.24) is 9.80 Å². The zero-order valence-corrected chi connectivity index (χ0v) is 20.1. The topological polar surface area (TPSA) is 79.3 Å². The number of likely N-dealkylation sites (tertiary alicyclic amines) is 1. The summed E-state index contributed by atoms with van der Waals surface area (Å²) < 4.78 is 11.1. The Morgan fingerprint density at radius 1 is 1.06 bits per heavy atom. The number of nitrogens with zero attached hydrogens (tertiary/aromatic N) is 2. The predicted molar refractivity (Wildman–Crippen MR) is 130 cm³/mol. The summed E-state index contributed by atoms with van der Waals surface area (Å²) >= 11 is 6.08. The van der Waals surface area contributed by atoms with Crippen LogP contribution in [0.1, 0.15) is 31.0 Å². The molecule has 1 atom stereocenters. The van der Waals surface area contributed by atoms with Gasteiger partial charge in [-0.15, -0.1) is 0 Å². The van der Waals surface area contributed by atoms with Crippen LogP contribution in [-0.4, -0.2) is 72.1 Å². The van der Waals surface area contributed by atoms with Crippen molar-refractivity contribution in [3.05, 3.63) is 70.3 Å². The molecule has 1 N–H and O–H groups in total. The number of aliphatic hydroxyl groups excluding tert-OH is 1. The first-order chi connectivity index (χ1) is 16.3. The Morgan fingerprint density at radius 2 is 1.71 bits per heavy atom. The van der Waals surface area contributed by atoms with Crippen LogP contribution in [0.15, 0.2) is 54.1 Å². The van der Waals surface area contributed by atoms with E-state index in [2.05, 4.69) is 4.90 Å². The van der Waals surface area contributed by atoms with Gasteiger partial charge in [0.15, 0.2) is 0 Å². The maximum atomic E-state index is 13.2. The summed E-state index contributed by atoms with van der Waals surface area (Å²) in [6.07, 6.45) is 0.0149. The number of benzene rings is 2. The molecule has 2 fully saturated rings. The second kappa shape index (κ2) is 10.6. The predicted octanol–water partition coefficient (Wildman–Crippen LogP) is 3.88. The van der Waals surface area contributed by atoms with Gasteiger partial charge in [-0.1, -0.05) is 23.7 Å². The molecule has 2 aromatic rings. The highest BCUT2D eigenvalue weighted by molar-refractivity contribution is 6.46. The molecule has 0 bridgehead atoms. The standard InChI is InChI=1S/C26H29ClN2O5/c1-17(2)34-21-9-5-19(6-10-21)24(30)22-23(18-3-7-20(27)8-4-18)29(26(32)25(22)31)12-11-28-13-15-33-16-14-28/h3-10,17,23,30H,11-16H2,1-2H3/t23-/m0/s1. The quantitative estimate of drug-likeness (QED) is 0.365. The number of rotatable bonds is 7. The van der Waals surface area contributed by atoms with Crippen molar-refractivity contribution in [2.24, 2.45) is 0 Å². The van der Waals surface area contributed by atoms with Crippen LogP contribution in [-0.2, 0) is 14.3 Å². The number of carbonyl (C=O) groups excluding carboxylic acids is 2. The van der Waals surface area contributed by atoms with Gasteiger partial charge in [-0.25, -0.2) is 0 Å². The van der Waals surface area contributed by atoms with E-state index in [1.165, 1.54) is 0 Å². The minimum absolute atomic E-state index is 0.0149. The van der Waals surface area contributed by atoms with Gasteiger partial charge in [0.2, 0.25) is 0 Å². The molecule has 180 valence electrons. The van der Waals surface area contributed by atoms with Crippen LogP contribution in [0, 0.1) is 0 Å². The van der Waals surface area contributed by atoms with Crippen LogP contribution in [0.5, 0.6) is 5.75 Å². The largest absolute Gasteiger partial charge is 0.507 e. The Kier molecular flexibility index (Phi) is 7.56. The molecule has 2 saturated heterocycles. The van der Waals surface area contributed by atoms with Crippen LogP contribution in [0.25, 0.3) is 5.76 Å². The van der Waals surface area contributed by atoms with E-state index in [0.717, 1.165) is 13.1 Å². The molecule has 2 aliphatic heterocycles. The lowest BCUT2D eigenvalue weighted by Crippen LogP contribution is -2.42. The summed E-state index contributed by atoms with van der Waals surface area (Å²) in [6.45, 7) is 7.68. The van der Waals surface area contributed by atoms with E-state index >= 15 is 0 Å². The van der Waals surface area contributed by atoms with Gasteiger partial charge < -0.3 is 19.5 Å². The fourth-order valence-electron chi connectivity index (χ4n) is 4.30. The van der Waals surface area contributed by atoms with Crippen LogP contribution in [0.2, 0.25) is 5.02 Å². The molecule has 0 spiro atoms. The molecule has 7 nitrogen and oxygen atoms in total. The summed E-state index contributed by atoms with van der Waals surface area (Å²) in [5.74, 6) is -0.855. The monoisotopic (exact) mass is 484 g/mol. The normalized spacial score (nSPS) is 20.8.